The van der Waals surface area contributed by atoms with Crippen molar-refractivity contribution < 1.29 is 0 Å². The molecule has 0 bridgehead atoms. The van der Waals surface area contributed by atoms with Gasteiger partial charge in [-0.1, -0.05) is 6.92 Å². The average molecular weight is 139 g/mol. The molecule has 3 nitrogen and oxygen atoms in total. The second kappa shape index (κ2) is 2.73. The van der Waals surface area contributed by atoms with E-state index in [1.54, 1.807) is 6.20 Å². The zero-order valence-electron chi connectivity index (χ0n) is 6.41. The highest BCUT2D eigenvalue weighted by molar-refractivity contribution is 5.26. The molecule has 0 saturated heterocycles. The molecule has 0 unspecified atom stereocenters. The lowest BCUT2D eigenvalue weighted by Gasteiger charge is -2.09. The SMILES string of the molecule is CC[C@@H](C)n1nccc1N. The number of hydrogen-bond acceptors (Lipinski definition) is 2. The van der Waals surface area contributed by atoms with Gasteiger partial charge in [0.25, 0.3) is 0 Å². The van der Waals surface area contributed by atoms with E-state index < -0.39 is 0 Å². The lowest BCUT2D eigenvalue weighted by atomic mass is 10.3. The zero-order valence-corrected chi connectivity index (χ0v) is 6.41. The van der Waals surface area contributed by atoms with Crippen LogP contribution in [0, 0.1) is 0 Å². The molecule has 0 spiro atoms. The van der Waals surface area contributed by atoms with Gasteiger partial charge in [-0.3, -0.25) is 0 Å². The molecule has 0 aliphatic rings. The largest absolute Gasteiger partial charge is 0.384 e. The van der Waals surface area contributed by atoms with E-state index in [0.717, 1.165) is 12.2 Å². The number of hydrogen-bond donors (Lipinski definition) is 1. The molecule has 3 heteroatoms. The van der Waals surface area contributed by atoms with Crippen LogP contribution in [-0.4, -0.2) is 9.78 Å². The van der Waals surface area contributed by atoms with Crippen LogP contribution in [0.5, 0.6) is 0 Å². The Morgan fingerprint density at radius 3 is 2.90 bits per heavy atom. The molecule has 1 rings (SSSR count). The van der Waals surface area contributed by atoms with E-state index in [2.05, 4.69) is 18.9 Å². The second-order valence-corrected chi connectivity index (χ2v) is 2.46. The summed E-state index contributed by atoms with van der Waals surface area (Å²) in [4.78, 5) is 0. The lowest BCUT2D eigenvalue weighted by molar-refractivity contribution is 0.485. The van der Waals surface area contributed by atoms with Crippen LogP contribution in [0.1, 0.15) is 26.3 Å². The first-order valence-corrected chi connectivity index (χ1v) is 3.54. The Morgan fingerprint density at radius 1 is 1.80 bits per heavy atom. The van der Waals surface area contributed by atoms with Gasteiger partial charge < -0.3 is 5.73 Å². The van der Waals surface area contributed by atoms with Crippen molar-refractivity contribution in [1.82, 2.24) is 9.78 Å². The molecular formula is C7H13N3. The molecule has 1 aromatic rings. The van der Waals surface area contributed by atoms with Gasteiger partial charge in [0.1, 0.15) is 5.82 Å². The fourth-order valence-electron chi connectivity index (χ4n) is 0.866. The van der Waals surface area contributed by atoms with Gasteiger partial charge in [-0.05, 0) is 19.4 Å². The smallest absolute Gasteiger partial charge is 0.121 e. The molecule has 1 atom stereocenters. The Morgan fingerprint density at radius 2 is 2.50 bits per heavy atom. The van der Waals surface area contributed by atoms with Gasteiger partial charge in [0.2, 0.25) is 0 Å². The first-order valence-electron chi connectivity index (χ1n) is 3.54. The molecule has 0 aliphatic carbocycles. The average Bonchev–Trinajstić information content (AvgIpc) is 2.34. The van der Waals surface area contributed by atoms with Crippen LogP contribution in [-0.2, 0) is 0 Å². The van der Waals surface area contributed by atoms with Crippen molar-refractivity contribution in [3.8, 4) is 0 Å². The van der Waals surface area contributed by atoms with Gasteiger partial charge in [0.05, 0.1) is 12.2 Å². The van der Waals surface area contributed by atoms with Crippen LogP contribution in [0.4, 0.5) is 5.82 Å². The minimum absolute atomic E-state index is 0.412. The molecule has 0 saturated carbocycles. The van der Waals surface area contributed by atoms with Crippen molar-refractivity contribution in [3.63, 3.8) is 0 Å². The first-order chi connectivity index (χ1) is 4.75. The minimum Gasteiger partial charge on any atom is -0.384 e. The number of aromatic nitrogens is 2. The molecular weight excluding hydrogens is 126 g/mol. The maximum absolute atomic E-state index is 5.62. The van der Waals surface area contributed by atoms with E-state index in [9.17, 15) is 0 Å². The molecule has 2 N–H and O–H groups in total. The molecule has 0 aliphatic heterocycles. The summed E-state index contributed by atoms with van der Waals surface area (Å²) < 4.78 is 1.83. The normalized spacial score (nSPS) is 13.4. The highest BCUT2D eigenvalue weighted by atomic mass is 15.3. The van der Waals surface area contributed by atoms with Crippen molar-refractivity contribution in [2.45, 2.75) is 26.3 Å². The van der Waals surface area contributed by atoms with Gasteiger partial charge in [-0.2, -0.15) is 5.10 Å². The van der Waals surface area contributed by atoms with Crippen molar-refractivity contribution in [1.29, 1.82) is 0 Å². The Bertz CT molecular complexity index is 204. The minimum atomic E-state index is 0.412. The van der Waals surface area contributed by atoms with Crippen molar-refractivity contribution in [3.05, 3.63) is 12.3 Å². The van der Waals surface area contributed by atoms with Crippen LogP contribution >= 0.6 is 0 Å². The molecule has 1 heterocycles. The summed E-state index contributed by atoms with van der Waals surface area (Å²) in [6.45, 7) is 4.22. The summed E-state index contributed by atoms with van der Waals surface area (Å²) in [6, 6.07) is 2.22. The standard InChI is InChI=1S/C7H13N3/c1-3-6(2)10-7(8)4-5-9-10/h4-6H,3,8H2,1-2H3/t6-/m1/s1. The molecule has 10 heavy (non-hydrogen) atoms. The molecule has 56 valence electrons. The van der Waals surface area contributed by atoms with Gasteiger partial charge in [-0.25, -0.2) is 4.68 Å². The maximum atomic E-state index is 5.62. The summed E-state index contributed by atoms with van der Waals surface area (Å²) in [5.41, 5.74) is 5.62. The number of nitrogens with two attached hydrogens (primary N) is 1. The van der Waals surface area contributed by atoms with E-state index in [1.165, 1.54) is 0 Å². The van der Waals surface area contributed by atoms with Crippen molar-refractivity contribution >= 4 is 5.82 Å². The fraction of sp³-hybridized carbons (Fsp3) is 0.571. The van der Waals surface area contributed by atoms with E-state index in [0.29, 0.717) is 6.04 Å². The topological polar surface area (TPSA) is 43.8 Å². The second-order valence-electron chi connectivity index (χ2n) is 2.46. The molecule has 0 amide bonds. The van der Waals surface area contributed by atoms with Gasteiger partial charge >= 0.3 is 0 Å². The third-order valence-corrected chi connectivity index (χ3v) is 1.71. The quantitative estimate of drug-likeness (QED) is 0.673. The van der Waals surface area contributed by atoms with Crippen LogP contribution in [0.2, 0.25) is 0 Å². The predicted octanol–water partition coefficient (Wildman–Crippen LogP) is 1.44. The van der Waals surface area contributed by atoms with Crippen molar-refractivity contribution in [2.75, 3.05) is 5.73 Å². The number of nitrogen functional groups attached to an aromatic ring is 1. The van der Waals surface area contributed by atoms with Crippen LogP contribution in [0.25, 0.3) is 0 Å². The van der Waals surface area contributed by atoms with E-state index >= 15 is 0 Å². The van der Waals surface area contributed by atoms with Crippen LogP contribution in [0.15, 0.2) is 12.3 Å². The summed E-state index contributed by atoms with van der Waals surface area (Å²) >= 11 is 0. The van der Waals surface area contributed by atoms with E-state index in [1.807, 2.05) is 10.7 Å². The molecule has 0 fully saturated rings. The van der Waals surface area contributed by atoms with Crippen LogP contribution < -0.4 is 5.73 Å². The van der Waals surface area contributed by atoms with E-state index in [-0.39, 0.29) is 0 Å². The summed E-state index contributed by atoms with van der Waals surface area (Å²) in [6.07, 6.45) is 2.79. The van der Waals surface area contributed by atoms with Gasteiger partial charge in [0.15, 0.2) is 0 Å². The Balaban J connectivity index is 2.82. The first kappa shape index (κ1) is 7.12. The monoisotopic (exact) mass is 139 g/mol. The fourth-order valence-corrected chi connectivity index (χ4v) is 0.866. The van der Waals surface area contributed by atoms with Crippen LogP contribution in [0.3, 0.4) is 0 Å². The maximum Gasteiger partial charge on any atom is 0.121 e. The third-order valence-electron chi connectivity index (χ3n) is 1.71. The molecule has 0 aromatic carbocycles. The molecule has 0 radical (unpaired) electrons. The summed E-state index contributed by atoms with van der Waals surface area (Å²) in [5.74, 6) is 0.745. The molecule has 1 aromatic heterocycles. The lowest BCUT2D eigenvalue weighted by Crippen LogP contribution is -2.08. The third kappa shape index (κ3) is 1.12. The number of nitrogens with zero attached hydrogens (tertiary/aromatic N) is 2. The highest BCUT2D eigenvalue weighted by Gasteiger charge is 2.03. The summed E-state index contributed by atoms with van der Waals surface area (Å²) in [7, 11) is 0. The number of anilines is 1. The van der Waals surface area contributed by atoms with Gasteiger partial charge in [-0.15, -0.1) is 0 Å². The summed E-state index contributed by atoms with van der Waals surface area (Å²) in [5, 5.41) is 4.08. The Labute approximate surface area is 60.8 Å². The Kier molecular flexibility index (Phi) is 1.94. The predicted molar refractivity (Wildman–Crippen MR) is 41.6 cm³/mol. The Hall–Kier alpha value is -0.990. The highest BCUT2D eigenvalue weighted by Crippen LogP contribution is 2.12. The van der Waals surface area contributed by atoms with E-state index in [4.69, 9.17) is 5.73 Å². The van der Waals surface area contributed by atoms with Crippen molar-refractivity contribution in [2.24, 2.45) is 0 Å². The van der Waals surface area contributed by atoms with Gasteiger partial charge in [0, 0.05) is 0 Å². The zero-order chi connectivity index (χ0) is 7.56. The number of rotatable bonds is 2.